The minimum absolute atomic E-state index is 0. The van der Waals surface area contributed by atoms with Crippen molar-refractivity contribution in [2.24, 2.45) is 0 Å². The Kier molecular flexibility index (Phi) is 3.75. The van der Waals surface area contributed by atoms with Crippen molar-refractivity contribution in [1.29, 1.82) is 0 Å². The van der Waals surface area contributed by atoms with Gasteiger partial charge < -0.3 is 9.30 Å². The van der Waals surface area contributed by atoms with Crippen molar-refractivity contribution in [3.8, 4) is 0 Å². The number of hydrogen-bond acceptors (Lipinski definition) is 2. The molecular formula is H7LiN2Si2. The summed E-state index contributed by atoms with van der Waals surface area (Å²) in [6.07, 6.45) is 0. The summed E-state index contributed by atoms with van der Waals surface area (Å²) in [7, 11) is 0.333. The summed E-state index contributed by atoms with van der Waals surface area (Å²) in [5.74, 6) is 0. The van der Waals surface area contributed by atoms with E-state index in [4.69, 9.17) is 0 Å². The number of rotatable bonds is 0. The first-order valence-electron chi connectivity index (χ1n) is 1.41. The Morgan fingerprint density at radius 3 is 1.20 bits per heavy atom. The molecule has 2 N–H and O–H groups in total. The van der Waals surface area contributed by atoms with Gasteiger partial charge in [0.1, 0.15) is 0 Å². The van der Waals surface area contributed by atoms with E-state index >= 15 is 0 Å². The summed E-state index contributed by atoms with van der Waals surface area (Å²) in [6, 6.07) is 0. The molecule has 5 heteroatoms. The van der Waals surface area contributed by atoms with Crippen molar-refractivity contribution < 1.29 is 0 Å². The summed E-state index contributed by atoms with van der Waals surface area (Å²) in [5, 5.41) is 0. The zero-order valence-corrected chi connectivity index (χ0v) is 5.24. The molecule has 0 unspecified atom stereocenters. The topological polar surface area (TPSA) is 24.1 Å². The van der Waals surface area contributed by atoms with Gasteiger partial charge in [0.05, 0.1) is 0 Å². The van der Waals surface area contributed by atoms with Gasteiger partial charge in [-0.15, -0.1) is 0 Å². The van der Waals surface area contributed by atoms with Crippen LogP contribution < -0.4 is 9.30 Å². The third-order valence-electron chi connectivity index (χ3n) is 0.500. The van der Waals surface area contributed by atoms with E-state index in [-0.39, 0.29) is 38.5 Å². The Morgan fingerprint density at radius 2 is 1.20 bits per heavy atom. The van der Waals surface area contributed by atoms with E-state index in [1.54, 1.807) is 0 Å². The predicted molar refractivity (Wildman–Crippen MR) is 30.5 cm³/mol. The van der Waals surface area contributed by atoms with Crippen LogP contribution in [0.25, 0.3) is 0 Å². The second-order valence-corrected chi connectivity index (χ2v) is 5.56. The van der Waals surface area contributed by atoms with Crippen LogP contribution in [-0.4, -0.2) is 38.5 Å². The molecule has 1 heterocycles. The predicted octanol–water partition coefficient (Wildman–Crippen LogP) is -3.47. The van der Waals surface area contributed by atoms with Crippen LogP contribution in [0, 0.1) is 0 Å². The van der Waals surface area contributed by atoms with E-state index < -0.39 is 0 Å². The van der Waals surface area contributed by atoms with E-state index in [0.29, 0.717) is 0 Å². The zero-order valence-electron chi connectivity index (χ0n) is 2.41. The molecule has 1 fully saturated rings. The fourth-order valence-corrected chi connectivity index (χ4v) is 1.12. The monoisotopic (exact) mass is 98.0 g/mol. The van der Waals surface area contributed by atoms with Gasteiger partial charge in [0, 0.05) is 0 Å². The van der Waals surface area contributed by atoms with E-state index in [9.17, 15) is 0 Å². The maximum absolute atomic E-state index is 3.28. The third-order valence-corrected chi connectivity index (χ3v) is 4.50. The first-order chi connectivity index (χ1) is 2.00. The fraction of sp³-hybridized carbons (Fsp3) is 0. The second-order valence-electron chi connectivity index (χ2n) is 0.854. The van der Waals surface area contributed by atoms with Crippen molar-refractivity contribution in [3.05, 3.63) is 0 Å². The molecule has 0 saturated carbocycles. The van der Waals surface area contributed by atoms with Crippen molar-refractivity contribution in [2.75, 3.05) is 0 Å². The number of hydrogen-bond donors (Lipinski definition) is 2. The molecule has 0 bridgehead atoms. The molecule has 0 aromatic rings. The average molecular weight is 98.2 g/mol. The Morgan fingerprint density at radius 1 is 1.00 bits per heavy atom. The average Bonchev–Trinajstić information content (AvgIpc) is 0.722. The van der Waals surface area contributed by atoms with Gasteiger partial charge in [-0.1, -0.05) is 0 Å². The van der Waals surface area contributed by atoms with Crippen LogP contribution in [0.3, 0.4) is 0 Å². The first-order valence-corrected chi connectivity index (χ1v) is 4.24. The Balaban J connectivity index is 0.000000160. The zero-order chi connectivity index (χ0) is 2.83. The van der Waals surface area contributed by atoms with Gasteiger partial charge in [-0.05, 0) is 0 Å². The van der Waals surface area contributed by atoms with Gasteiger partial charge in [-0.2, -0.15) is 0 Å². The fourth-order valence-electron chi connectivity index (χ4n) is 0.125. The van der Waals surface area contributed by atoms with Crippen molar-refractivity contribution in [3.63, 3.8) is 0 Å². The number of nitrogens with one attached hydrogen (secondary N) is 2. The van der Waals surface area contributed by atoms with Crippen LogP contribution in [0.15, 0.2) is 0 Å². The van der Waals surface area contributed by atoms with E-state index in [0.717, 1.165) is 0 Å². The van der Waals surface area contributed by atoms with Crippen LogP contribution >= 0.6 is 0 Å². The van der Waals surface area contributed by atoms with Crippen LogP contribution in [-0.2, 0) is 0 Å². The van der Waals surface area contributed by atoms with Crippen LogP contribution in [0.4, 0.5) is 0 Å². The Labute approximate surface area is 48.2 Å². The summed E-state index contributed by atoms with van der Waals surface area (Å²) in [6.45, 7) is 0. The molecule has 1 aliphatic rings. The summed E-state index contributed by atoms with van der Waals surface area (Å²) in [4.78, 5) is 0. The molecule has 0 aromatic carbocycles. The molecular weight excluding hydrogens is 91.1 g/mol. The second kappa shape index (κ2) is 3.15. The van der Waals surface area contributed by atoms with Crippen LogP contribution in [0.5, 0.6) is 0 Å². The van der Waals surface area contributed by atoms with Gasteiger partial charge in [-0.3, -0.25) is 0 Å². The standard InChI is InChI=1S/Li.H6N2Si2.H/c;1-3-2-4-1;/h;1-2H,3-4H2;. The van der Waals surface area contributed by atoms with Gasteiger partial charge in [0.15, 0.2) is 19.7 Å². The first kappa shape index (κ1) is 5.95. The molecule has 0 radical (unpaired) electrons. The summed E-state index contributed by atoms with van der Waals surface area (Å²) < 4.78 is 6.56. The minimum atomic E-state index is 0. The van der Waals surface area contributed by atoms with Gasteiger partial charge in [-0.25, -0.2) is 0 Å². The van der Waals surface area contributed by atoms with E-state index in [1.807, 2.05) is 0 Å². The van der Waals surface area contributed by atoms with Gasteiger partial charge in [0.2, 0.25) is 0 Å². The summed E-state index contributed by atoms with van der Waals surface area (Å²) >= 11 is 0. The SMILES string of the molecule is N1[SiH2]N[SiH2]1.[LiH]. The third kappa shape index (κ3) is 1.76. The summed E-state index contributed by atoms with van der Waals surface area (Å²) in [5.41, 5.74) is 0. The quantitative estimate of drug-likeness (QED) is 0.308. The molecule has 2 nitrogen and oxygen atoms in total. The van der Waals surface area contributed by atoms with E-state index in [2.05, 4.69) is 9.30 Å². The molecule has 0 spiro atoms. The normalized spacial score (nSPS) is 28.8. The van der Waals surface area contributed by atoms with Crippen molar-refractivity contribution in [1.82, 2.24) is 9.30 Å². The Bertz CT molecular complexity index is 15.6. The van der Waals surface area contributed by atoms with Gasteiger partial charge >= 0.3 is 18.9 Å². The van der Waals surface area contributed by atoms with Crippen molar-refractivity contribution >= 4 is 38.5 Å². The molecule has 0 amide bonds. The molecule has 0 aromatic heterocycles. The Hall–Kier alpha value is 0.951. The van der Waals surface area contributed by atoms with E-state index in [1.165, 1.54) is 0 Å². The molecule has 26 valence electrons. The molecule has 0 atom stereocenters. The van der Waals surface area contributed by atoms with Gasteiger partial charge in [0.25, 0.3) is 0 Å². The van der Waals surface area contributed by atoms with Crippen LogP contribution in [0.1, 0.15) is 0 Å². The maximum atomic E-state index is 3.28. The molecule has 1 aliphatic heterocycles. The molecule has 0 aliphatic carbocycles. The van der Waals surface area contributed by atoms with Crippen molar-refractivity contribution in [2.45, 2.75) is 0 Å². The van der Waals surface area contributed by atoms with Crippen LogP contribution in [0.2, 0.25) is 0 Å². The molecule has 5 heavy (non-hydrogen) atoms. The molecule has 1 saturated heterocycles. The molecule has 1 rings (SSSR count).